The van der Waals surface area contributed by atoms with Crippen molar-refractivity contribution in [1.29, 1.82) is 0 Å². The number of aryl methyl sites for hydroxylation is 2. The second kappa shape index (κ2) is 6.67. The number of hydrogen-bond donors (Lipinski definition) is 1. The lowest BCUT2D eigenvalue weighted by Crippen LogP contribution is -2.59. The van der Waals surface area contributed by atoms with Gasteiger partial charge in [-0.15, -0.1) is 0 Å². The van der Waals surface area contributed by atoms with E-state index in [4.69, 9.17) is 0 Å². The summed E-state index contributed by atoms with van der Waals surface area (Å²) < 4.78 is 1.86. The SMILES string of the molecule is Cc1cccc(C)c1NC(=O)C1c2cccc[n+]2CC(=O)N1C(C)C. The molecule has 2 heterocycles. The van der Waals surface area contributed by atoms with Gasteiger partial charge >= 0.3 is 0 Å². The summed E-state index contributed by atoms with van der Waals surface area (Å²) >= 11 is 0. The Hall–Kier alpha value is -2.69. The first-order valence-electron chi connectivity index (χ1n) is 8.56. The highest BCUT2D eigenvalue weighted by molar-refractivity contribution is 5.98. The van der Waals surface area contributed by atoms with E-state index in [1.54, 1.807) is 4.90 Å². The van der Waals surface area contributed by atoms with Crippen molar-refractivity contribution in [2.24, 2.45) is 0 Å². The van der Waals surface area contributed by atoms with Crippen molar-refractivity contribution >= 4 is 17.5 Å². The number of anilines is 1. The van der Waals surface area contributed by atoms with Gasteiger partial charge in [0.15, 0.2) is 12.2 Å². The van der Waals surface area contributed by atoms with E-state index < -0.39 is 6.04 Å². The predicted molar refractivity (Wildman–Crippen MR) is 95.9 cm³/mol. The van der Waals surface area contributed by atoms with Gasteiger partial charge in [0, 0.05) is 23.9 Å². The number of nitrogens with one attached hydrogen (secondary N) is 1. The van der Waals surface area contributed by atoms with Gasteiger partial charge in [0.2, 0.25) is 12.2 Å². The molecular formula is C20H24N3O2+. The molecule has 1 aliphatic heterocycles. The van der Waals surface area contributed by atoms with Crippen LogP contribution in [0.3, 0.4) is 0 Å². The number of hydrogen-bond acceptors (Lipinski definition) is 2. The predicted octanol–water partition coefficient (Wildman–Crippen LogP) is 2.52. The smallest absolute Gasteiger partial charge is 0.289 e. The molecule has 0 saturated carbocycles. The molecule has 0 spiro atoms. The number of pyridine rings is 1. The largest absolute Gasteiger partial charge is 0.323 e. The fourth-order valence-corrected chi connectivity index (χ4v) is 3.45. The van der Waals surface area contributed by atoms with Crippen molar-refractivity contribution in [2.75, 3.05) is 5.32 Å². The molecule has 25 heavy (non-hydrogen) atoms. The molecule has 0 radical (unpaired) electrons. The first-order chi connectivity index (χ1) is 11.9. The number of amides is 2. The van der Waals surface area contributed by atoms with Gasteiger partial charge in [0.05, 0.1) is 0 Å². The molecule has 1 N–H and O–H groups in total. The Morgan fingerprint density at radius 1 is 1.16 bits per heavy atom. The summed E-state index contributed by atoms with van der Waals surface area (Å²) in [5, 5.41) is 3.05. The maximum Gasteiger partial charge on any atom is 0.289 e. The van der Waals surface area contributed by atoms with Crippen LogP contribution in [-0.4, -0.2) is 22.8 Å². The molecule has 2 amide bonds. The molecule has 1 aromatic heterocycles. The van der Waals surface area contributed by atoms with E-state index in [-0.39, 0.29) is 24.4 Å². The van der Waals surface area contributed by atoms with E-state index in [9.17, 15) is 9.59 Å². The third-order valence-electron chi connectivity index (χ3n) is 4.66. The zero-order chi connectivity index (χ0) is 18.1. The lowest BCUT2D eigenvalue weighted by molar-refractivity contribution is -0.699. The summed E-state index contributed by atoms with van der Waals surface area (Å²) in [5.41, 5.74) is 3.66. The molecule has 1 unspecified atom stereocenters. The molecule has 0 fully saturated rings. The minimum atomic E-state index is -0.638. The van der Waals surface area contributed by atoms with Gasteiger partial charge in [0.25, 0.3) is 11.8 Å². The van der Waals surface area contributed by atoms with Crippen LogP contribution in [-0.2, 0) is 16.1 Å². The Morgan fingerprint density at radius 3 is 2.48 bits per heavy atom. The van der Waals surface area contributed by atoms with Gasteiger partial charge < -0.3 is 10.2 Å². The first kappa shape index (κ1) is 17.1. The van der Waals surface area contributed by atoms with Crippen LogP contribution in [0.2, 0.25) is 0 Å². The minimum Gasteiger partial charge on any atom is -0.323 e. The summed E-state index contributed by atoms with van der Waals surface area (Å²) in [4.78, 5) is 27.5. The Labute approximate surface area is 148 Å². The number of rotatable bonds is 3. The Kier molecular flexibility index (Phi) is 4.57. The van der Waals surface area contributed by atoms with Crippen LogP contribution in [0.1, 0.15) is 36.7 Å². The van der Waals surface area contributed by atoms with Crippen LogP contribution >= 0.6 is 0 Å². The van der Waals surface area contributed by atoms with E-state index in [2.05, 4.69) is 5.32 Å². The van der Waals surface area contributed by atoms with Gasteiger partial charge in [-0.1, -0.05) is 24.3 Å². The van der Waals surface area contributed by atoms with Crippen molar-refractivity contribution in [1.82, 2.24) is 4.90 Å². The number of nitrogens with zero attached hydrogens (tertiary/aromatic N) is 2. The number of carbonyl (C=O) groups is 2. The Bertz CT molecular complexity index is 809. The lowest BCUT2D eigenvalue weighted by Gasteiger charge is -2.35. The number of benzene rings is 1. The first-order valence-corrected chi connectivity index (χ1v) is 8.56. The molecule has 5 nitrogen and oxygen atoms in total. The van der Waals surface area contributed by atoms with Crippen LogP contribution in [0.15, 0.2) is 42.6 Å². The summed E-state index contributed by atoms with van der Waals surface area (Å²) in [7, 11) is 0. The Balaban J connectivity index is 2.02. The highest BCUT2D eigenvalue weighted by atomic mass is 16.2. The second-order valence-electron chi connectivity index (χ2n) is 6.81. The molecule has 5 heteroatoms. The van der Waals surface area contributed by atoms with Crippen molar-refractivity contribution in [3.8, 4) is 0 Å². The second-order valence-corrected chi connectivity index (χ2v) is 6.81. The van der Waals surface area contributed by atoms with Gasteiger partial charge in [0.1, 0.15) is 0 Å². The highest BCUT2D eigenvalue weighted by Crippen LogP contribution is 2.27. The zero-order valence-corrected chi connectivity index (χ0v) is 15.1. The van der Waals surface area contributed by atoms with Crippen LogP contribution in [0, 0.1) is 13.8 Å². The molecule has 1 aromatic carbocycles. The topological polar surface area (TPSA) is 53.3 Å². The molecule has 2 aromatic rings. The van der Waals surface area contributed by atoms with Crippen molar-refractivity contribution in [2.45, 2.75) is 46.3 Å². The van der Waals surface area contributed by atoms with E-state index >= 15 is 0 Å². The normalized spacial score (nSPS) is 16.8. The number of para-hydroxylation sites is 1. The third kappa shape index (κ3) is 3.14. The van der Waals surface area contributed by atoms with Crippen LogP contribution in [0.5, 0.6) is 0 Å². The van der Waals surface area contributed by atoms with Gasteiger partial charge in [-0.3, -0.25) is 9.59 Å². The van der Waals surface area contributed by atoms with Crippen LogP contribution in [0.25, 0.3) is 0 Å². The number of fused-ring (bicyclic) bond motifs is 1. The molecule has 0 aliphatic carbocycles. The molecule has 3 rings (SSSR count). The summed E-state index contributed by atoms with van der Waals surface area (Å²) in [6.45, 7) is 8.09. The summed E-state index contributed by atoms with van der Waals surface area (Å²) in [6.07, 6.45) is 1.85. The van der Waals surface area contributed by atoms with E-state index in [0.29, 0.717) is 0 Å². The molecule has 0 saturated heterocycles. The molecule has 1 aliphatic rings. The van der Waals surface area contributed by atoms with Gasteiger partial charge in [-0.2, -0.15) is 4.57 Å². The average molecular weight is 338 g/mol. The number of aromatic nitrogens is 1. The fraction of sp³-hybridized carbons (Fsp3) is 0.350. The molecule has 1 atom stereocenters. The van der Waals surface area contributed by atoms with Crippen LogP contribution < -0.4 is 9.88 Å². The average Bonchev–Trinajstić information content (AvgIpc) is 2.56. The standard InChI is InChI=1S/C20H23N3O2/c1-13(2)23-17(24)12-22-11-6-5-10-16(22)19(23)20(25)21-18-14(3)8-7-9-15(18)4/h5-11,13,19H,12H2,1-4H3/p+1. The minimum absolute atomic E-state index is 0.0413. The van der Waals surface area contributed by atoms with Crippen molar-refractivity contribution < 1.29 is 14.2 Å². The van der Waals surface area contributed by atoms with Crippen molar-refractivity contribution in [3.05, 3.63) is 59.4 Å². The van der Waals surface area contributed by atoms with Gasteiger partial charge in [-0.05, 0) is 38.8 Å². The number of carbonyl (C=O) groups excluding carboxylic acids is 2. The summed E-state index contributed by atoms with van der Waals surface area (Å²) in [5.74, 6) is -0.223. The van der Waals surface area contributed by atoms with Crippen molar-refractivity contribution in [3.63, 3.8) is 0 Å². The van der Waals surface area contributed by atoms with E-state index in [1.807, 2.05) is 74.9 Å². The van der Waals surface area contributed by atoms with E-state index in [1.165, 1.54) is 0 Å². The Morgan fingerprint density at radius 2 is 1.84 bits per heavy atom. The summed E-state index contributed by atoms with van der Waals surface area (Å²) in [6, 6.07) is 10.9. The third-order valence-corrected chi connectivity index (χ3v) is 4.66. The molecule has 0 bridgehead atoms. The molecule has 130 valence electrons. The molecular weight excluding hydrogens is 314 g/mol. The zero-order valence-electron chi connectivity index (χ0n) is 15.1. The lowest BCUT2D eigenvalue weighted by atomic mass is 10.0. The highest BCUT2D eigenvalue weighted by Gasteiger charge is 2.43. The monoisotopic (exact) mass is 338 g/mol. The maximum atomic E-state index is 13.2. The quantitative estimate of drug-likeness (QED) is 0.875. The fourth-order valence-electron chi connectivity index (χ4n) is 3.45. The van der Waals surface area contributed by atoms with E-state index in [0.717, 1.165) is 22.5 Å². The van der Waals surface area contributed by atoms with Gasteiger partial charge in [-0.25, -0.2) is 0 Å². The van der Waals surface area contributed by atoms with Crippen LogP contribution in [0.4, 0.5) is 5.69 Å². The maximum absolute atomic E-state index is 13.2.